The number of imide groups is 1. The lowest BCUT2D eigenvalue weighted by Crippen LogP contribution is -2.58. The van der Waals surface area contributed by atoms with Crippen LogP contribution in [-0.4, -0.2) is 71.3 Å². The number of likely N-dealkylation sites (N-methyl/N-ethyl adjacent to an activating group) is 1. The average molecular weight is 401 g/mol. The van der Waals surface area contributed by atoms with E-state index in [0.717, 1.165) is 36.5 Å². The molecule has 28 heavy (non-hydrogen) atoms. The van der Waals surface area contributed by atoms with Gasteiger partial charge >= 0.3 is 6.03 Å². The molecule has 3 aliphatic heterocycles. The molecule has 2 N–H and O–H groups in total. The summed E-state index contributed by atoms with van der Waals surface area (Å²) in [5.41, 5.74) is 1.65. The molecule has 8 nitrogen and oxygen atoms in total. The Kier molecular flexibility index (Phi) is 5.38. The van der Waals surface area contributed by atoms with Crippen molar-refractivity contribution in [2.45, 2.75) is 19.5 Å². The molecule has 3 heterocycles. The number of carbonyl (C=O) groups excluding carboxylic acids is 3. The van der Waals surface area contributed by atoms with Crippen molar-refractivity contribution < 1.29 is 14.4 Å². The smallest absolute Gasteiger partial charge is 0.328 e. The van der Waals surface area contributed by atoms with Gasteiger partial charge in [0.15, 0.2) is 0 Å². The second kappa shape index (κ2) is 7.94. The van der Waals surface area contributed by atoms with Crippen LogP contribution in [-0.2, 0) is 16.1 Å². The second-order valence-corrected chi connectivity index (χ2v) is 7.81. The fraction of sp³-hybridized carbons (Fsp3) is 0.421. The molecule has 0 spiro atoms. The molecule has 1 atom stereocenters. The van der Waals surface area contributed by atoms with Gasteiger partial charge in [0.1, 0.15) is 10.9 Å². The van der Waals surface area contributed by atoms with Crippen molar-refractivity contribution in [3.63, 3.8) is 0 Å². The van der Waals surface area contributed by atoms with Crippen molar-refractivity contribution in [1.82, 2.24) is 24.7 Å². The highest BCUT2D eigenvalue weighted by molar-refractivity contribution is 8.02. The normalized spacial score (nSPS) is 23.1. The minimum absolute atomic E-state index is 0.132. The molecule has 2 saturated heterocycles. The van der Waals surface area contributed by atoms with E-state index in [2.05, 4.69) is 27.1 Å². The topological polar surface area (TPSA) is 85.0 Å². The maximum absolute atomic E-state index is 13.0. The van der Waals surface area contributed by atoms with Gasteiger partial charge in [-0.1, -0.05) is 30.3 Å². The lowest BCUT2D eigenvalue weighted by Gasteiger charge is -2.35. The maximum atomic E-state index is 13.0. The average Bonchev–Trinajstić information content (AvgIpc) is 3.13. The van der Waals surface area contributed by atoms with E-state index in [9.17, 15) is 14.4 Å². The molecule has 0 radical (unpaired) electrons. The Morgan fingerprint density at radius 2 is 1.86 bits per heavy atom. The Labute approximate surface area is 168 Å². The number of rotatable bonds is 4. The van der Waals surface area contributed by atoms with Gasteiger partial charge in [0.05, 0.1) is 5.70 Å². The number of piperazine rings is 1. The summed E-state index contributed by atoms with van der Waals surface area (Å²) >= 11 is 1.13. The van der Waals surface area contributed by atoms with Crippen molar-refractivity contribution in [1.29, 1.82) is 0 Å². The fourth-order valence-corrected chi connectivity index (χ4v) is 4.61. The first-order chi connectivity index (χ1) is 13.6. The number of hydrogen-bond donors (Lipinski definition) is 2. The molecule has 4 amide bonds. The fourth-order valence-electron chi connectivity index (χ4n) is 3.66. The molecule has 0 bridgehead atoms. The third-order valence-electron chi connectivity index (χ3n) is 5.23. The number of urea groups is 1. The molecule has 0 saturated carbocycles. The standard InChI is InChI=1S/C19H23N5O3S/c1-2-24-17(25)15-14(20-19(24)27)16(28-21-15)18(26)23-10-8-22(9-11-23)12-13-6-4-3-5-7-13/h3-7,15,21H,2,8-12H2,1H3,(H,20,27). The van der Waals surface area contributed by atoms with Crippen molar-refractivity contribution in [2.75, 3.05) is 32.7 Å². The third-order valence-corrected chi connectivity index (χ3v) is 6.18. The van der Waals surface area contributed by atoms with Crippen molar-refractivity contribution in [2.24, 2.45) is 0 Å². The van der Waals surface area contributed by atoms with Crippen molar-refractivity contribution >= 4 is 29.8 Å². The van der Waals surface area contributed by atoms with Crippen LogP contribution in [0.4, 0.5) is 4.79 Å². The van der Waals surface area contributed by atoms with Gasteiger partial charge in [0.2, 0.25) is 0 Å². The molecule has 1 aromatic carbocycles. The van der Waals surface area contributed by atoms with Crippen LogP contribution >= 0.6 is 11.9 Å². The Balaban J connectivity index is 1.40. The zero-order valence-corrected chi connectivity index (χ0v) is 16.5. The minimum Gasteiger partial charge on any atom is -0.336 e. The van der Waals surface area contributed by atoms with Gasteiger partial charge < -0.3 is 10.2 Å². The number of amides is 4. The molecule has 3 aliphatic rings. The Morgan fingerprint density at radius 1 is 1.14 bits per heavy atom. The first kappa shape index (κ1) is 19.0. The van der Waals surface area contributed by atoms with Crippen LogP contribution in [0.15, 0.2) is 40.9 Å². The zero-order chi connectivity index (χ0) is 19.7. The number of hydrogen-bond acceptors (Lipinski definition) is 6. The third kappa shape index (κ3) is 3.52. The predicted octanol–water partition coefficient (Wildman–Crippen LogP) is 0.734. The van der Waals surface area contributed by atoms with Crippen molar-refractivity contribution in [3.8, 4) is 0 Å². The molecule has 0 aliphatic carbocycles. The minimum atomic E-state index is -0.666. The van der Waals surface area contributed by atoms with Gasteiger partial charge in [0, 0.05) is 39.3 Å². The van der Waals surface area contributed by atoms with Crippen LogP contribution in [0.2, 0.25) is 0 Å². The summed E-state index contributed by atoms with van der Waals surface area (Å²) in [5.74, 6) is -0.448. The summed E-state index contributed by atoms with van der Waals surface area (Å²) < 4.78 is 2.98. The molecular formula is C19H23N5O3S. The number of nitrogens with zero attached hydrogens (tertiary/aromatic N) is 3. The molecule has 1 aromatic rings. The van der Waals surface area contributed by atoms with Gasteiger partial charge in [-0.3, -0.25) is 19.4 Å². The first-order valence-corrected chi connectivity index (χ1v) is 10.2. The number of nitrogens with one attached hydrogen (secondary N) is 2. The molecule has 4 rings (SSSR count). The van der Waals surface area contributed by atoms with E-state index in [4.69, 9.17) is 0 Å². The van der Waals surface area contributed by atoms with Crippen LogP contribution in [0.3, 0.4) is 0 Å². The van der Waals surface area contributed by atoms with E-state index in [0.29, 0.717) is 30.2 Å². The number of carbonyl (C=O) groups is 3. The monoisotopic (exact) mass is 401 g/mol. The highest BCUT2D eigenvalue weighted by Gasteiger charge is 2.44. The lowest BCUT2D eigenvalue weighted by atomic mass is 10.1. The number of benzene rings is 1. The molecule has 148 valence electrons. The Hall–Kier alpha value is -2.36. The van der Waals surface area contributed by atoms with E-state index in [1.165, 1.54) is 5.56 Å². The zero-order valence-electron chi connectivity index (χ0n) is 15.7. The van der Waals surface area contributed by atoms with Crippen LogP contribution < -0.4 is 10.0 Å². The van der Waals surface area contributed by atoms with Crippen LogP contribution in [0.1, 0.15) is 12.5 Å². The summed E-state index contributed by atoms with van der Waals surface area (Å²) in [6.45, 7) is 5.74. The predicted molar refractivity (Wildman–Crippen MR) is 106 cm³/mol. The lowest BCUT2D eigenvalue weighted by molar-refractivity contribution is -0.129. The van der Waals surface area contributed by atoms with E-state index in [1.54, 1.807) is 11.8 Å². The summed E-state index contributed by atoms with van der Waals surface area (Å²) in [4.78, 5) is 43.2. The quantitative estimate of drug-likeness (QED) is 0.724. The number of fused-ring (bicyclic) bond motifs is 1. The van der Waals surface area contributed by atoms with Gasteiger partial charge in [-0.05, 0) is 24.4 Å². The molecule has 1 unspecified atom stereocenters. The SMILES string of the molecule is CCN1C(=O)NC2=C(C(=O)N3CCN(Cc4ccccc4)CC3)SNC2C1=O. The van der Waals surface area contributed by atoms with E-state index >= 15 is 0 Å². The summed E-state index contributed by atoms with van der Waals surface area (Å²) in [5, 5.41) is 2.73. The van der Waals surface area contributed by atoms with Gasteiger partial charge in [-0.2, -0.15) is 0 Å². The molecule has 0 aromatic heterocycles. The van der Waals surface area contributed by atoms with Gasteiger partial charge in [-0.25, -0.2) is 9.52 Å². The second-order valence-electron chi connectivity index (χ2n) is 6.96. The first-order valence-electron chi connectivity index (χ1n) is 9.43. The molecule has 2 fully saturated rings. The van der Waals surface area contributed by atoms with Gasteiger partial charge in [0.25, 0.3) is 11.8 Å². The summed E-state index contributed by atoms with van der Waals surface area (Å²) in [6.07, 6.45) is 0. The molecular weight excluding hydrogens is 378 g/mol. The highest BCUT2D eigenvalue weighted by Crippen LogP contribution is 2.32. The Morgan fingerprint density at radius 3 is 2.54 bits per heavy atom. The van der Waals surface area contributed by atoms with Crippen LogP contribution in [0.5, 0.6) is 0 Å². The van der Waals surface area contributed by atoms with E-state index in [-0.39, 0.29) is 11.8 Å². The molecule has 9 heteroatoms. The largest absolute Gasteiger partial charge is 0.336 e. The van der Waals surface area contributed by atoms with Crippen LogP contribution in [0, 0.1) is 0 Å². The Bertz CT molecular complexity index is 820. The summed E-state index contributed by atoms with van der Waals surface area (Å²) in [7, 11) is 0. The van der Waals surface area contributed by atoms with E-state index < -0.39 is 12.1 Å². The highest BCUT2D eigenvalue weighted by atomic mass is 32.2. The van der Waals surface area contributed by atoms with Crippen LogP contribution in [0.25, 0.3) is 0 Å². The van der Waals surface area contributed by atoms with E-state index in [1.807, 2.05) is 18.2 Å². The van der Waals surface area contributed by atoms with Crippen molar-refractivity contribution in [3.05, 3.63) is 46.5 Å². The van der Waals surface area contributed by atoms with Gasteiger partial charge in [-0.15, -0.1) is 0 Å². The maximum Gasteiger partial charge on any atom is 0.328 e. The summed E-state index contributed by atoms with van der Waals surface area (Å²) in [6, 6.07) is 9.14.